The predicted molar refractivity (Wildman–Crippen MR) is 77.9 cm³/mol. The first-order chi connectivity index (χ1) is 9.60. The number of carbonyl (C=O) groups excluding carboxylic acids is 1. The van der Waals surface area contributed by atoms with Crippen molar-refractivity contribution in [2.75, 3.05) is 40.5 Å². The Hall–Kier alpha value is -1.11. The van der Waals surface area contributed by atoms with Crippen molar-refractivity contribution in [3.63, 3.8) is 0 Å². The molecule has 0 aliphatic heterocycles. The lowest BCUT2D eigenvalue weighted by Crippen LogP contribution is -2.35. The maximum absolute atomic E-state index is 13.8. The fraction of sp³-hybridized carbons (Fsp3) is 0.500. The van der Waals surface area contributed by atoms with Crippen molar-refractivity contribution in [1.29, 1.82) is 0 Å². The minimum atomic E-state index is -0.540. The molecule has 1 amide bonds. The van der Waals surface area contributed by atoms with Crippen molar-refractivity contribution < 1.29 is 18.7 Å². The molecule has 6 heteroatoms. The molecule has 0 saturated carbocycles. The number of amides is 1. The molecule has 4 nitrogen and oxygen atoms in total. The fourth-order valence-corrected chi connectivity index (χ4v) is 1.97. The van der Waals surface area contributed by atoms with E-state index in [9.17, 15) is 9.18 Å². The molecule has 0 N–H and O–H groups in total. The van der Waals surface area contributed by atoms with Crippen LogP contribution in [0.1, 0.15) is 16.8 Å². The third-order valence-corrected chi connectivity index (χ3v) is 3.09. The molecule has 0 fully saturated rings. The molecular formula is C14H20FNO3S. The monoisotopic (exact) mass is 301 g/mol. The van der Waals surface area contributed by atoms with Crippen LogP contribution >= 0.6 is 12.6 Å². The zero-order valence-corrected chi connectivity index (χ0v) is 12.7. The smallest absolute Gasteiger partial charge is 0.256 e. The second-order valence-electron chi connectivity index (χ2n) is 4.30. The van der Waals surface area contributed by atoms with E-state index >= 15 is 0 Å². The Kier molecular flexibility index (Phi) is 7.58. The molecule has 0 aliphatic rings. The van der Waals surface area contributed by atoms with Crippen LogP contribution in [0.15, 0.2) is 23.1 Å². The molecule has 0 bridgehead atoms. The van der Waals surface area contributed by atoms with Crippen molar-refractivity contribution in [1.82, 2.24) is 4.90 Å². The fourth-order valence-electron chi connectivity index (χ4n) is 1.76. The Labute approximate surface area is 124 Å². The van der Waals surface area contributed by atoms with E-state index in [1.54, 1.807) is 19.1 Å². The molecule has 0 atom stereocenters. The number of thiol groups is 1. The van der Waals surface area contributed by atoms with Gasteiger partial charge in [0.1, 0.15) is 5.82 Å². The minimum Gasteiger partial charge on any atom is -0.385 e. The molecule has 20 heavy (non-hydrogen) atoms. The van der Waals surface area contributed by atoms with E-state index in [0.29, 0.717) is 37.6 Å². The molecule has 112 valence electrons. The molecule has 0 saturated heterocycles. The quantitative estimate of drug-likeness (QED) is 0.591. The third kappa shape index (κ3) is 5.11. The Bertz CT molecular complexity index is 442. The van der Waals surface area contributed by atoms with E-state index in [1.165, 1.54) is 18.2 Å². The summed E-state index contributed by atoms with van der Waals surface area (Å²) in [5, 5.41) is 0. The molecule has 0 heterocycles. The van der Waals surface area contributed by atoms with Crippen LogP contribution in [0.3, 0.4) is 0 Å². The molecule has 1 rings (SSSR count). The van der Waals surface area contributed by atoms with Crippen LogP contribution < -0.4 is 0 Å². The first-order valence-corrected chi connectivity index (χ1v) is 6.80. The number of rotatable bonds is 8. The normalized spacial score (nSPS) is 10.6. The molecule has 0 aliphatic carbocycles. The number of hydrogen-bond donors (Lipinski definition) is 1. The van der Waals surface area contributed by atoms with E-state index < -0.39 is 5.82 Å². The lowest BCUT2D eigenvalue weighted by Gasteiger charge is -2.22. The van der Waals surface area contributed by atoms with Gasteiger partial charge in [0.25, 0.3) is 5.91 Å². The Morgan fingerprint density at radius 1 is 1.25 bits per heavy atom. The number of benzene rings is 1. The first-order valence-electron chi connectivity index (χ1n) is 6.35. The number of methoxy groups -OCH3 is 2. The lowest BCUT2D eigenvalue weighted by atomic mass is 10.1. The SMILES string of the molecule is COCCCN(CCOC)C(=O)c1cc(S)ccc1F. The number of carbonyl (C=O) groups is 1. The summed E-state index contributed by atoms with van der Waals surface area (Å²) < 4.78 is 23.7. The Morgan fingerprint density at radius 3 is 2.60 bits per heavy atom. The number of ether oxygens (including phenoxy) is 2. The molecule has 0 spiro atoms. The van der Waals surface area contributed by atoms with Crippen LogP contribution in [0.25, 0.3) is 0 Å². The first kappa shape index (κ1) is 16.9. The van der Waals surface area contributed by atoms with Gasteiger partial charge in [-0.15, -0.1) is 12.6 Å². The summed E-state index contributed by atoms with van der Waals surface area (Å²) >= 11 is 4.14. The number of hydrogen-bond acceptors (Lipinski definition) is 4. The lowest BCUT2D eigenvalue weighted by molar-refractivity contribution is 0.0669. The largest absolute Gasteiger partial charge is 0.385 e. The van der Waals surface area contributed by atoms with E-state index in [4.69, 9.17) is 9.47 Å². The van der Waals surface area contributed by atoms with E-state index in [1.807, 2.05) is 0 Å². The Balaban J connectivity index is 2.82. The predicted octanol–water partition coefficient (Wildman–Crippen LogP) is 2.24. The van der Waals surface area contributed by atoms with E-state index in [0.717, 1.165) is 0 Å². The average Bonchev–Trinajstić information content (AvgIpc) is 2.44. The Morgan fingerprint density at radius 2 is 1.95 bits per heavy atom. The van der Waals surface area contributed by atoms with Crippen LogP contribution in [-0.2, 0) is 9.47 Å². The molecule has 0 aromatic heterocycles. The van der Waals surface area contributed by atoms with Crippen molar-refractivity contribution in [3.8, 4) is 0 Å². The third-order valence-electron chi connectivity index (χ3n) is 2.81. The summed E-state index contributed by atoms with van der Waals surface area (Å²) in [6, 6.07) is 4.20. The summed E-state index contributed by atoms with van der Waals surface area (Å²) in [5.41, 5.74) is 0.0334. The minimum absolute atomic E-state index is 0.0334. The van der Waals surface area contributed by atoms with Crippen LogP contribution in [0.2, 0.25) is 0 Å². The van der Waals surface area contributed by atoms with Gasteiger partial charge >= 0.3 is 0 Å². The second kappa shape index (κ2) is 8.94. The molecule has 0 unspecified atom stereocenters. The van der Waals surface area contributed by atoms with Crippen LogP contribution in [0.5, 0.6) is 0 Å². The van der Waals surface area contributed by atoms with Gasteiger partial charge in [0.15, 0.2) is 0 Å². The highest BCUT2D eigenvalue weighted by Crippen LogP contribution is 2.16. The van der Waals surface area contributed by atoms with E-state index in [-0.39, 0.29) is 11.5 Å². The van der Waals surface area contributed by atoms with Gasteiger partial charge < -0.3 is 14.4 Å². The molecule has 1 aromatic rings. The van der Waals surface area contributed by atoms with Crippen molar-refractivity contribution >= 4 is 18.5 Å². The van der Waals surface area contributed by atoms with Gasteiger partial charge in [-0.05, 0) is 24.6 Å². The maximum Gasteiger partial charge on any atom is 0.256 e. The molecule has 0 radical (unpaired) electrons. The molecule has 1 aromatic carbocycles. The van der Waals surface area contributed by atoms with Crippen molar-refractivity contribution in [2.45, 2.75) is 11.3 Å². The highest BCUT2D eigenvalue weighted by atomic mass is 32.1. The second-order valence-corrected chi connectivity index (χ2v) is 4.81. The van der Waals surface area contributed by atoms with Gasteiger partial charge in [-0.3, -0.25) is 4.79 Å². The number of nitrogens with zero attached hydrogens (tertiary/aromatic N) is 1. The van der Waals surface area contributed by atoms with Gasteiger partial charge in [-0.2, -0.15) is 0 Å². The number of halogens is 1. The van der Waals surface area contributed by atoms with Gasteiger partial charge in [-0.25, -0.2) is 4.39 Å². The zero-order valence-electron chi connectivity index (χ0n) is 11.8. The topological polar surface area (TPSA) is 38.8 Å². The summed E-state index contributed by atoms with van der Waals surface area (Å²) in [6.07, 6.45) is 0.689. The standard InChI is InChI=1S/C14H20FNO3S/c1-18-8-3-6-16(7-9-19-2)14(17)12-10-11(20)4-5-13(12)15/h4-5,10,20H,3,6-9H2,1-2H3. The van der Waals surface area contributed by atoms with Crippen LogP contribution in [-0.4, -0.2) is 51.3 Å². The highest BCUT2D eigenvalue weighted by molar-refractivity contribution is 7.80. The van der Waals surface area contributed by atoms with E-state index in [2.05, 4.69) is 12.6 Å². The van der Waals surface area contributed by atoms with Gasteiger partial charge in [0, 0.05) is 38.8 Å². The van der Waals surface area contributed by atoms with Crippen molar-refractivity contribution in [3.05, 3.63) is 29.6 Å². The van der Waals surface area contributed by atoms with Gasteiger partial charge in [-0.1, -0.05) is 0 Å². The highest BCUT2D eigenvalue weighted by Gasteiger charge is 2.19. The summed E-state index contributed by atoms with van der Waals surface area (Å²) in [6.45, 7) is 1.86. The van der Waals surface area contributed by atoms with Crippen molar-refractivity contribution in [2.24, 2.45) is 0 Å². The summed E-state index contributed by atoms with van der Waals surface area (Å²) in [5.74, 6) is -0.895. The van der Waals surface area contributed by atoms with Gasteiger partial charge in [0.05, 0.1) is 12.2 Å². The molecular weight excluding hydrogens is 281 g/mol. The zero-order chi connectivity index (χ0) is 15.0. The van der Waals surface area contributed by atoms with Crippen LogP contribution in [0.4, 0.5) is 4.39 Å². The average molecular weight is 301 g/mol. The summed E-state index contributed by atoms with van der Waals surface area (Å²) in [4.78, 5) is 14.5. The van der Waals surface area contributed by atoms with Crippen LogP contribution in [0, 0.1) is 5.82 Å². The summed E-state index contributed by atoms with van der Waals surface area (Å²) in [7, 11) is 3.16. The maximum atomic E-state index is 13.8. The van der Waals surface area contributed by atoms with Gasteiger partial charge in [0.2, 0.25) is 0 Å².